The topological polar surface area (TPSA) is 86.7 Å². The lowest BCUT2D eigenvalue weighted by Gasteiger charge is -2.35. The van der Waals surface area contributed by atoms with E-state index in [0.29, 0.717) is 19.1 Å². The van der Waals surface area contributed by atoms with Crippen LogP contribution >= 0.6 is 27.5 Å². The summed E-state index contributed by atoms with van der Waals surface area (Å²) in [5, 5.41) is 0.185. The van der Waals surface area contributed by atoms with Gasteiger partial charge >= 0.3 is 10.1 Å². The highest BCUT2D eigenvalue weighted by Crippen LogP contribution is 2.64. The smallest absolute Gasteiger partial charge is 0.310 e. The Bertz CT molecular complexity index is 1340. The van der Waals surface area contributed by atoms with Crippen molar-refractivity contribution in [2.24, 2.45) is 16.7 Å². The fourth-order valence-corrected chi connectivity index (χ4v) is 8.78. The van der Waals surface area contributed by atoms with E-state index in [4.69, 9.17) is 20.5 Å². The largest absolute Gasteiger partial charge is 0.484 e. The van der Waals surface area contributed by atoms with Crippen molar-refractivity contribution in [1.29, 1.82) is 0 Å². The minimum atomic E-state index is -4.19. The second-order valence-corrected chi connectivity index (χ2v) is 13.2. The molecular formula is C26H26BrClO6S. The van der Waals surface area contributed by atoms with Gasteiger partial charge in [-0.2, -0.15) is 8.42 Å². The number of fused-ring (bicyclic) bond motifs is 3. The summed E-state index contributed by atoms with van der Waals surface area (Å²) in [5.74, 6) is -0.172. The maximum absolute atomic E-state index is 13.2. The molecule has 2 saturated carbocycles. The van der Waals surface area contributed by atoms with Crippen LogP contribution < -0.4 is 8.92 Å². The van der Waals surface area contributed by atoms with Crippen molar-refractivity contribution in [1.82, 2.24) is 0 Å². The number of carbonyl (C=O) groups is 2. The fraction of sp³-hybridized carbons (Fsp3) is 0.462. The van der Waals surface area contributed by atoms with Gasteiger partial charge < -0.3 is 8.92 Å². The second-order valence-electron chi connectivity index (χ2n) is 10.3. The van der Waals surface area contributed by atoms with Gasteiger partial charge in [0.25, 0.3) is 0 Å². The van der Waals surface area contributed by atoms with Crippen LogP contribution in [0.2, 0.25) is 5.02 Å². The van der Waals surface area contributed by atoms with E-state index in [-0.39, 0.29) is 39.9 Å². The Hall–Kier alpha value is -1.90. The number of aldehydes is 1. The van der Waals surface area contributed by atoms with Crippen LogP contribution in [-0.4, -0.2) is 26.2 Å². The van der Waals surface area contributed by atoms with E-state index in [1.54, 1.807) is 0 Å². The van der Waals surface area contributed by atoms with Crippen molar-refractivity contribution in [2.45, 2.75) is 52.1 Å². The van der Waals surface area contributed by atoms with Crippen molar-refractivity contribution in [3.05, 3.63) is 56.5 Å². The van der Waals surface area contributed by atoms with Crippen LogP contribution in [0.1, 0.15) is 67.1 Å². The van der Waals surface area contributed by atoms with E-state index < -0.39 is 26.7 Å². The number of carbonyl (C=O) groups excluding carboxylic acids is 2. The van der Waals surface area contributed by atoms with Crippen LogP contribution in [0.25, 0.3) is 0 Å². The molecular weight excluding hydrogens is 556 g/mol. The Balaban J connectivity index is 1.43. The van der Waals surface area contributed by atoms with Gasteiger partial charge in [0.1, 0.15) is 17.6 Å². The first kappa shape index (κ1) is 24.8. The molecule has 2 fully saturated rings. The molecule has 0 aliphatic heterocycles. The van der Waals surface area contributed by atoms with Crippen LogP contribution in [0, 0.1) is 16.7 Å². The third kappa shape index (κ3) is 4.02. The predicted molar refractivity (Wildman–Crippen MR) is 136 cm³/mol. The van der Waals surface area contributed by atoms with E-state index in [2.05, 4.69) is 15.9 Å². The average Bonchev–Trinajstić information content (AvgIpc) is 3.35. The van der Waals surface area contributed by atoms with Crippen molar-refractivity contribution >= 4 is 49.7 Å². The van der Waals surface area contributed by atoms with Crippen LogP contribution in [0.15, 0.2) is 34.8 Å². The molecule has 2 aromatic rings. The highest BCUT2D eigenvalue weighted by Gasteiger charge is 2.65. The van der Waals surface area contributed by atoms with Crippen molar-refractivity contribution in [3.8, 4) is 11.5 Å². The lowest BCUT2D eigenvalue weighted by Crippen LogP contribution is -2.43. The number of hydrogen-bond donors (Lipinski definition) is 0. The van der Waals surface area contributed by atoms with Crippen LogP contribution in [0.4, 0.5) is 0 Å². The Labute approximate surface area is 218 Å². The SMILES string of the molecule is CC1(C)[C@@H]2CC[C@@]1(CS(=O)(=O)Oc1cc(O[C@H]3CCc4c(Br)cccc43)c(Cl)cc1C=O)C(=O)C2. The molecule has 9 heteroatoms. The summed E-state index contributed by atoms with van der Waals surface area (Å²) in [6.07, 6.45) is 3.55. The van der Waals surface area contributed by atoms with Gasteiger partial charge in [0.15, 0.2) is 12.0 Å². The second kappa shape index (κ2) is 8.60. The Morgan fingerprint density at radius 3 is 2.63 bits per heavy atom. The highest BCUT2D eigenvalue weighted by molar-refractivity contribution is 9.10. The van der Waals surface area contributed by atoms with E-state index in [0.717, 1.165) is 34.9 Å². The zero-order valence-corrected chi connectivity index (χ0v) is 22.6. The minimum Gasteiger partial charge on any atom is -0.484 e. The van der Waals surface area contributed by atoms with Gasteiger partial charge in [-0.15, -0.1) is 0 Å². The third-order valence-corrected chi connectivity index (χ3v) is 10.7. The normalized spacial score (nSPS) is 26.6. The van der Waals surface area contributed by atoms with E-state index in [9.17, 15) is 18.0 Å². The number of rotatable bonds is 7. The quantitative estimate of drug-likeness (QED) is 0.291. The van der Waals surface area contributed by atoms with Gasteiger partial charge in [-0.1, -0.05) is 53.5 Å². The first-order valence-electron chi connectivity index (χ1n) is 11.7. The third-order valence-electron chi connectivity index (χ3n) is 8.40. The first-order chi connectivity index (χ1) is 16.5. The zero-order chi connectivity index (χ0) is 25.2. The van der Waals surface area contributed by atoms with Crippen LogP contribution in [0.5, 0.6) is 11.5 Å². The molecule has 2 bridgehead atoms. The van der Waals surface area contributed by atoms with Gasteiger partial charge in [-0.3, -0.25) is 9.59 Å². The summed E-state index contributed by atoms with van der Waals surface area (Å²) in [4.78, 5) is 24.5. The zero-order valence-electron chi connectivity index (χ0n) is 19.5. The van der Waals surface area contributed by atoms with Gasteiger partial charge in [0.05, 0.1) is 21.8 Å². The average molecular weight is 582 g/mol. The van der Waals surface area contributed by atoms with Crippen molar-refractivity contribution < 1.29 is 26.9 Å². The summed E-state index contributed by atoms with van der Waals surface area (Å²) in [6.45, 7) is 3.93. The van der Waals surface area contributed by atoms with Crippen LogP contribution in [-0.2, 0) is 21.3 Å². The Kier molecular flexibility index (Phi) is 6.09. The molecule has 0 spiro atoms. The molecule has 0 amide bonds. The molecule has 3 aliphatic rings. The molecule has 0 aromatic heterocycles. The number of ether oxygens (including phenoxy) is 1. The number of Topliss-reactive ketones (excluding diaryl/α,β-unsaturated/α-hetero) is 1. The molecule has 6 nitrogen and oxygen atoms in total. The van der Waals surface area contributed by atoms with E-state index in [1.807, 2.05) is 32.0 Å². The molecule has 0 radical (unpaired) electrons. The Morgan fingerprint density at radius 2 is 1.97 bits per heavy atom. The molecule has 35 heavy (non-hydrogen) atoms. The summed E-state index contributed by atoms with van der Waals surface area (Å²) in [6, 6.07) is 8.60. The summed E-state index contributed by atoms with van der Waals surface area (Å²) in [7, 11) is -4.19. The van der Waals surface area contributed by atoms with E-state index >= 15 is 0 Å². The molecule has 3 atom stereocenters. The Morgan fingerprint density at radius 1 is 1.20 bits per heavy atom. The van der Waals surface area contributed by atoms with Crippen LogP contribution in [0.3, 0.4) is 0 Å². The first-order valence-corrected chi connectivity index (χ1v) is 14.4. The molecule has 5 rings (SSSR count). The van der Waals surface area contributed by atoms with E-state index in [1.165, 1.54) is 12.1 Å². The minimum absolute atomic E-state index is 0.000649. The van der Waals surface area contributed by atoms with Gasteiger partial charge in [-0.25, -0.2) is 0 Å². The van der Waals surface area contributed by atoms with Gasteiger partial charge in [-0.05, 0) is 60.3 Å². The number of ketones is 1. The lowest BCUT2D eigenvalue weighted by molar-refractivity contribution is -0.128. The van der Waals surface area contributed by atoms with Crippen molar-refractivity contribution in [3.63, 3.8) is 0 Å². The molecule has 186 valence electrons. The standard InChI is InChI=1S/C26H26BrClO6S/c1-25(2)16-8-9-26(25,24(30)11-16)14-35(31,32)34-22-12-23(20(28)10-15(22)13-29)33-21-7-6-17-18(21)4-3-5-19(17)27/h3-5,10,12-13,16,21H,6-9,11,14H2,1-2H3/t16-,21+,26-/m1/s1. The summed E-state index contributed by atoms with van der Waals surface area (Å²) in [5.41, 5.74) is 0.799. The highest BCUT2D eigenvalue weighted by atomic mass is 79.9. The molecule has 2 aromatic carbocycles. The molecule has 0 N–H and O–H groups in total. The lowest BCUT2D eigenvalue weighted by atomic mass is 9.70. The number of hydrogen-bond acceptors (Lipinski definition) is 6. The predicted octanol–water partition coefficient (Wildman–Crippen LogP) is 6.09. The number of benzene rings is 2. The fourth-order valence-electron chi connectivity index (χ4n) is 6.23. The number of halogens is 2. The van der Waals surface area contributed by atoms with Crippen molar-refractivity contribution in [2.75, 3.05) is 5.75 Å². The summed E-state index contributed by atoms with van der Waals surface area (Å²) >= 11 is 9.96. The molecule has 0 heterocycles. The maximum Gasteiger partial charge on any atom is 0.310 e. The van der Waals surface area contributed by atoms with Gasteiger partial charge in [0.2, 0.25) is 0 Å². The van der Waals surface area contributed by atoms with Gasteiger partial charge in [0, 0.05) is 17.0 Å². The molecule has 3 aliphatic carbocycles. The summed E-state index contributed by atoms with van der Waals surface area (Å²) < 4.78 is 39.1. The molecule has 0 saturated heterocycles. The monoisotopic (exact) mass is 580 g/mol. The maximum atomic E-state index is 13.2. The molecule has 0 unspecified atom stereocenters.